The summed E-state index contributed by atoms with van der Waals surface area (Å²) in [4.78, 5) is 21.0. The van der Waals surface area contributed by atoms with Gasteiger partial charge in [-0.15, -0.1) is 0 Å². The van der Waals surface area contributed by atoms with E-state index in [2.05, 4.69) is 27.1 Å². The molecule has 0 aromatic carbocycles. The van der Waals surface area contributed by atoms with Crippen molar-refractivity contribution in [1.82, 2.24) is 9.97 Å². The Balaban J connectivity index is 2.37. The molecule has 1 aromatic heterocycles. The number of hydrogen-bond acceptors (Lipinski definition) is 6. The highest BCUT2D eigenvalue weighted by Gasteiger charge is 2.35. The van der Waals surface area contributed by atoms with Gasteiger partial charge in [-0.05, 0) is 19.3 Å². The normalized spacial score (nSPS) is 14.2. The smallest absolute Gasteiger partial charge is 0.353 e. The molecule has 1 fully saturated rings. The molecular formula is C12H19N5O2. The molecule has 7 heteroatoms. The summed E-state index contributed by atoms with van der Waals surface area (Å²) in [6.45, 7) is 2.92. The number of nitrogens with one attached hydrogen (secondary N) is 1. The quantitative estimate of drug-likeness (QED) is 0.601. The van der Waals surface area contributed by atoms with Crippen LogP contribution in [-0.2, 0) is 0 Å². The number of nitro groups is 1. The van der Waals surface area contributed by atoms with Gasteiger partial charge in [-0.25, -0.2) is 9.97 Å². The lowest BCUT2D eigenvalue weighted by molar-refractivity contribution is -0.383. The van der Waals surface area contributed by atoms with E-state index in [1.54, 1.807) is 7.05 Å². The van der Waals surface area contributed by atoms with E-state index in [-0.39, 0.29) is 11.5 Å². The highest BCUT2D eigenvalue weighted by Crippen LogP contribution is 2.38. The summed E-state index contributed by atoms with van der Waals surface area (Å²) in [5.74, 6) is 0.720. The number of hydrogen-bond donors (Lipinski definition) is 1. The van der Waals surface area contributed by atoms with Gasteiger partial charge < -0.3 is 10.2 Å². The van der Waals surface area contributed by atoms with E-state index in [1.807, 2.05) is 0 Å². The third-order valence-electron chi connectivity index (χ3n) is 3.23. The second-order valence-corrected chi connectivity index (χ2v) is 4.68. The van der Waals surface area contributed by atoms with E-state index in [0.29, 0.717) is 11.9 Å². The van der Waals surface area contributed by atoms with Crippen LogP contribution in [0.1, 0.15) is 32.6 Å². The van der Waals surface area contributed by atoms with Gasteiger partial charge in [-0.1, -0.05) is 13.3 Å². The second-order valence-electron chi connectivity index (χ2n) is 4.68. The lowest BCUT2D eigenvalue weighted by Gasteiger charge is -2.23. The zero-order valence-electron chi connectivity index (χ0n) is 11.3. The molecule has 1 aliphatic carbocycles. The van der Waals surface area contributed by atoms with Gasteiger partial charge in [0.2, 0.25) is 11.6 Å². The number of anilines is 2. The molecule has 0 amide bonds. The molecular weight excluding hydrogens is 246 g/mol. The van der Waals surface area contributed by atoms with Gasteiger partial charge in [0, 0.05) is 19.6 Å². The van der Waals surface area contributed by atoms with Gasteiger partial charge >= 0.3 is 5.69 Å². The summed E-state index contributed by atoms with van der Waals surface area (Å²) in [5, 5.41) is 14.0. The first-order valence-corrected chi connectivity index (χ1v) is 6.62. The lowest BCUT2D eigenvalue weighted by atomic mass is 10.3. The molecule has 0 atom stereocenters. The van der Waals surface area contributed by atoms with Gasteiger partial charge in [-0.3, -0.25) is 10.1 Å². The number of rotatable bonds is 7. The summed E-state index contributed by atoms with van der Waals surface area (Å²) in [6.07, 6.45) is 5.61. The molecule has 0 bridgehead atoms. The average Bonchev–Trinajstić information content (AvgIpc) is 3.23. The molecule has 0 aliphatic heterocycles. The van der Waals surface area contributed by atoms with Crippen LogP contribution in [0.25, 0.3) is 0 Å². The molecule has 0 saturated heterocycles. The van der Waals surface area contributed by atoms with E-state index in [1.165, 1.54) is 6.33 Å². The van der Waals surface area contributed by atoms with Crippen LogP contribution in [0.5, 0.6) is 0 Å². The molecule has 19 heavy (non-hydrogen) atoms. The van der Waals surface area contributed by atoms with E-state index in [0.717, 1.165) is 32.2 Å². The summed E-state index contributed by atoms with van der Waals surface area (Å²) < 4.78 is 0. The Morgan fingerprint density at radius 3 is 2.79 bits per heavy atom. The third-order valence-corrected chi connectivity index (χ3v) is 3.23. The molecule has 1 saturated carbocycles. The molecule has 1 aromatic rings. The average molecular weight is 265 g/mol. The Kier molecular flexibility index (Phi) is 4.13. The molecule has 2 rings (SSSR count). The van der Waals surface area contributed by atoms with Crippen molar-refractivity contribution in [3.05, 3.63) is 16.4 Å². The fourth-order valence-corrected chi connectivity index (χ4v) is 2.11. The SMILES string of the molecule is CCCCN(c1ncnc(NC)c1[N+](=O)[O-])C1CC1. The van der Waals surface area contributed by atoms with Crippen molar-refractivity contribution >= 4 is 17.3 Å². The molecule has 0 spiro atoms. The minimum absolute atomic E-state index is 0.0204. The maximum Gasteiger partial charge on any atom is 0.353 e. The zero-order chi connectivity index (χ0) is 13.8. The van der Waals surface area contributed by atoms with E-state index in [9.17, 15) is 10.1 Å². The highest BCUT2D eigenvalue weighted by molar-refractivity contribution is 5.70. The van der Waals surface area contributed by atoms with Crippen LogP contribution in [0.3, 0.4) is 0 Å². The number of unbranched alkanes of at least 4 members (excludes halogenated alkanes) is 1. The first-order chi connectivity index (χ1) is 9.19. The van der Waals surface area contributed by atoms with Gasteiger partial charge in [0.1, 0.15) is 6.33 Å². The van der Waals surface area contributed by atoms with Crippen molar-refractivity contribution in [2.45, 2.75) is 38.6 Å². The topological polar surface area (TPSA) is 84.2 Å². The summed E-state index contributed by atoms with van der Waals surface area (Å²) in [5.41, 5.74) is -0.0204. The maximum absolute atomic E-state index is 11.3. The van der Waals surface area contributed by atoms with Crippen LogP contribution < -0.4 is 10.2 Å². The Hall–Kier alpha value is -1.92. The van der Waals surface area contributed by atoms with Crippen molar-refractivity contribution in [1.29, 1.82) is 0 Å². The fraction of sp³-hybridized carbons (Fsp3) is 0.667. The number of nitrogens with zero attached hydrogens (tertiary/aromatic N) is 4. The van der Waals surface area contributed by atoms with Crippen molar-refractivity contribution in [3.8, 4) is 0 Å². The molecule has 1 heterocycles. The van der Waals surface area contributed by atoms with Crippen LogP contribution in [-0.4, -0.2) is 34.5 Å². The van der Waals surface area contributed by atoms with Crippen LogP contribution in [0, 0.1) is 10.1 Å². The van der Waals surface area contributed by atoms with Crippen molar-refractivity contribution in [2.24, 2.45) is 0 Å². The monoisotopic (exact) mass is 265 g/mol. The molecule has 7 nitrogen and oxygen atoms in total. The fourth-order valence-electron chi connectivity index (χ4n) is 2.11. The van der Waals surface area contributed by atoms with Crippen LogP contribution in [0.2, 0.25) is 0 Å². The minimum Gasteiger partial charge on any atom is -0.367 e. The van der Waals surface area contributed by atoms with Crippen LogP contribution in [0.15, 0.2) is 6.33 Å². The van der Waals surface area contributed by atoms with Crippen molar-refractivity contribution in [2.75, 3.05) is 23.8 Å². The molecule has 0 radical (unpaired) electrons. The molecule has 0 unspecified atom stereocenters. The number of aromatic nitrogens is 2. The van der Waals surface area contributed by atoms with Gasteiger partial charge in [0.25, 0.3) is 0 Å². The maximum atomic E-state index is 11.3. The zero-order valence-corrected chi connectivity index (χ0v) is 11.3. The predicted octanol–water partition coefficient (Wildman–Crippen LogP) is 2.20. The van der Waals surface area contributed by atoms with Crippen LogP contribution >= 0.6 is 0 Å². The Bertz CT molecular complexity index is 461. The standard InChI is InChI=1S/C12H19N5O2/c1-3-4-7-16(9-5-6-9)12-10(17(18)19)11(13-2)14-8-15-12/h8-9H,3-7H2,1-2H3,(H,13,14,15). The van der Waals surface area contributed by atoms with E-state index < -0.39 is 4.92 Å². The Morgan fingerprint density at radius 2 is 2.26 bits per heavy atom. The molecule has 1 aliphatic rings. The summed E-state index contributed by atoms with van der Waals surface area (Å²) in [7, 11) is 1.63. The van der Waals surface area contributed by atoms with Crippen molar-refractivity contribution in [3.63, 3.8) is 0 Å². The first-order valence-electron chi connectivity index (χ1n) is 6.62. The second kappa shape index (κ2) is 5.81. The largest absolute Gasteiger partial charge is 0.367 e. The van der Waals surface area contributed by atoms with E-state index in [4.69, 9.17) is 0 Å². The molecule has 1 N–H and O–H groups in total. The first kappa shape index (κ1) is 13.5. The van der Waals surface area contributed by atoms with Crippen LogP contribution in [0.4, 0.5) is 17.3 Å². The Morgan fingerprint density at radius 1 is 1.53 bits per heavy atom. The minimum atomic E-state index is -0.400. The van der Waals surface area contributed by atoms with Gasteiger partial charge in [-0.2, -0.15) is 0 Å². The third kappa shape index (κ3) is 2.91. The van der Waals surface area contributed by atoms with Gasteiger partial charge in [0.15, 0.2) is 0 Å². The Labute approximate surface area is 112 Å². The summed E-state index contributed by atoms with van der Waals surface area (Å²) in [6, 6.07) is 0.393. The van der Waals surface area contributed by atoms with Crippen molar-refractivity contribution < 1.29 is 4.92 Å². The summed E-state index contributed by atoms with van der Waals surface area (Å²) >= 11 is 0. The van der Waals surface area contributed by atoms with Gasteiger partial charge in [0.05, 0.1) is 4.92 Å². The van der Waals surface area contributed by atoms with E-state index >= 15 is 0 Å². The highest BCUT2D eigenvalue weighted by atomic mass is 16.6. The molecule has 104 valence electrons. The predicted molar refractivity (Wildman–Crippen MR) is 73.5 cm³/mol. The lowest BCUT2D eigenvalue weighted by Crippen LogP contribution is -2.28.